The summed E-state index contributed by atoms with van der Waals surface area (Å²) >= 11 is 0. The van der Waals surface area contributed by atoms with E-state index in [1.54, 1.807) is 4.90 Å². The molecule has 0 radical (unpaired) electrons. The first-order valence-electron chi connectivity index (χ1n) is 7.46. The molecular weight excluding hydrogens is 282 g/mol. The van der Waals surface area contributed by atoms with Gasteiger partial charge in [0.2, 0.25) is 0 Å². The van der Waals surface area contributed by atoms with Gasteiger partial charge in [-0.3, -0.25) is 4.79 Å². The number of aryl methyl sites for hydroxylation is 1. The Hall–Kier alpha value is -2.37. The van der Waals surface area contributed by atoms with Gasteiger partial charge < -0.3 is 14.0 Å². The van der Waals surface area contributed by atoms with E-state index in [9.17, 15) is 9.59 Å². The molecule has 2 aromatic heterocycles. The molecule has 3 rings (SSSR count). The number of carbonyl (C=O) groups is 2. The number of nitrogens with zero attached hydrogens (tertiary/aromatic N) is 3. The Balaban J connectivity index is 1.97. The van der Waals surface area contributed by atoms with Crippen LogP contribution in [0.5, 0.6) is 0 Å². The molecule has 1 unspecified atom stereocenters. The second-order valence-corrected chi connectivity index (χ2v) is 5.51. The molecule has 0 aliphatic carbocycles. The van der Waals surface area contributed by atoms with E-state index >= 15 is 0 Å². The van der Waals surface area contributed by atoms with E-state index in [2.05, 4.69) is 4.98 Å². The Labute approximate surface area is 128 Å². The first-order valence-corrected chi connectivity index (χ1v) is 7.46. The van der Waals surface area contributed by atoms with Crippen LogP contribution < -0.4 is 0 Å². The van der Waals surface area contributed by atoms with Crippen LogP contribution in [-0.4, -0.2) is 45.9 Å². The van der Waals surface area contributed by atoms with Crippen LogP contribution in [0.15, 0.2) is 24.4 Å². The minimum absolute atomic E-state index is 0.198. The first-order chi connectivity index (χ1) is 10.6. The van der Waals surface area contributed by atoms with Crippen molar-refractivity contribution in [2.75, 3.05) is 13.7 Å². The summed E-state index contributed by atoms with van der Waals surface area (Å²) in [6, 6.07) is 5.13. The fraction of sp³-hybridized carbons (Fsp3) is 0.438. The normalized spacial score (nSPS) is 18.5. The van der Waals surface area contributed by atoms with E-state index in [-0.39, 0.29) is 11.9 Å². The highest BCUT2D eigenvalue weighted by Crippen LogP contribution is 2.22. The quantitative estimate of drug-likeness (QED) is 0.794. The van der Waals surface area contributed by atoms with Crippen LogP contribution in [-0.2, 0) is 9.53 Å². The van der Waals surface area contributed by atoms with Crippen LogP contribution in [0, 0.1) is 6.92 Å². The van der Waals surface area contributed by atoms with Gasteiger partial charge in [0.15, 0.2) is 0 Å². The summed E-state index contributed by atoms with van der Waals surface area (Å²) < 4.78 is 6.72. The van der Waals surface area contributed by atoms with Gasteiger partial charge in [0.1, 0.15) is 17.4 Å². The number of aromatic nitrogens is 2. The first kappa shape index (κ1) is 14.6. The second-order valence-electron chi connectivity index (χ2n) is 5.51. The molecule has 0 saturated carbocycles. The fourth-order valence-electron chi connectivity index (χ4n) is 3.01. The summed E-state index contributed by atoms with van der Waals surface area (Å²) in [6.45, 7) is 2.43. The third-order valence-electron chi connectivity index (χ3n) is 4.21. The Morgan fingerprint density at radius 2 is 2.14 bits per heavy atom. The molecule has 1 aliphatic rings. The minimum atomic E-state index is -0.504. The molecule has 1 amide bonds. The largest absolute Gasteiger partial charge is 0.467 e. The summed E-state index contributed by atoms with van der Waals surface area (Å²) in [7, 11) is 1.36. The van der Waals surface area contributed by atoms with Crippen molar-refractivity contribution in [1.29, 1.82) is 0 Å². The Morgan fingerprint density at radius 3 is 2.86 bits per heavy atom. The molecule has 2 aromatic rings. The molecule has 0 aromatic carbocycles. The molecule has 116 valence electrons. The number of likely N-dealkylation sites (tertiary alicyclic amines) is 1. The molecule has 0 N–H and O–H groups in total. The molecule has 22 heavy (non-hydrogen) atoms. The van der Waals surface area contributed by atoms with Crippen LogP contribution >= 0.6 is 0 Å². The van der Waals surface area contributed by atoms with E-state index < -0.39 is 6.04 Å². The van der Waals surface area contributed by atoms with Gasteiger partial charge in [-0.25, -0.2) is 9.78 Å². The van der Waals surface area contributed by atoms with Crippen molar-refractivity contribution in [2.24, 2.45) is 0 Å². The third kappa shape index (κ3) is 2.34. The zero-order valence-electron chi connectivity index (χ0n) is 12.8. The molecular formula is C16H19N3O3. The maximum absolute atomic E-state index is 12.9. The van der Waals surface area contributed by atoms with Crippen LogP contribution in [0.2, 0.25) is 0 Å². The zero-order valence-corrected chi connectivity index (χ0v) is 12.8. The number of rotatable bonds is 2. The van der Waals surface area contributed by atoms with Crippen LogP contribution in [0.3, 0.4) is 0 Å². The summed E-state index contributed by atoms with van der Waals surface area (Å²) in [5.74, 6) is -0.550. The van der Waals surface area contributed by atoms with Gasteiger partial charge in [0.05, 0.1) is 12.8 Å². The SMILES string of the molecule is COC(=O)C1CCCCN1C(=O)c1nc2ccccn2c1C. The number of esters is 1. The monoisotopic (exact) mass is 301 g/mol. The molecule has 3 heterocycles. The molecule has 1 atom stereocenters. The van der Waals surface area contributed by atoms with Gasteiger partial charge in [0.25, 0.3) is 5.91 Å². The standard InChI is InChI=1S/C16H19N3O3/c1-11-14(17-13-8-4-6-9-18(11)13)15(20)19-10-5-3-7-12(19)16(21)22-2/h4,6,8-9,12H,3,5,7,10H2,1-2H3. The lowest BCUT2D eigenvalue weighted by molar-refractivity contribution is -0.147. The average Bonchev–Trinajstić information content (AvgIpc) is 2.91. The maximum Gasteiger partial charge on any atom is 0.328 e. The number of pyridine rings is 1. The van der Waals surface area contributed by atoms with Crippen LogP contribution in [0.25, 0.3) is 5.65 Å². The lowest BCUT2D eigenvalue weighted by Gasteiger charge is -2.33. The summed E-state index contributed by atoms with van der Waals surface area (Å²) in [4.78, 5) is 30.8. The second kappa shape index (κ2) is 5.79. The average molecular weight is 301 g/mol. The predicted octanol–water partition coefficient (Wildman–Crippen LogP) is 1.81. The van der Waals surface area contributed by atoms with Gasteiger partial charge in [-0.2, -0.15) is 0 Å². The number of methoxy groups -OCH3 is 1. The van der Waals surface area contributed by atoms with Crippen molar-refractivity contribution >= 4 is 17.5 Å². The Morgan fingerprint density at radius 1 is 1.32 bits per heavy atom. The molecule has 6 heteroatoms. The lowest BCUT2D eigenvalue weighted by atomic mass is 10.0. The Kier molecular flexibility index (Phi) is 3.83. The number of ether oxygens (including phenoxy) is 1. The molecule has 1 aliphatic heterocycles. The molecule has 0 spiro atoms. The number of hydrogen-bond donors (Lipinski definition) is 0. The fourth-order valence-corrected chi connectivity index (χ4v) is 3.01. The summed E-state index contributed by atoms with van der Waals surface area (Å²) in [5.41, 5.74) is 1.92. The van der Waals surface area contributed by atoms with Crippen LogP contribution in [0.4, 0.5) is 0 Å². The number of amides is 1. The predicted molar refractivity (Wildman–Crippen MR) is 80.6 cm³/mol. The van der Waals surface area contributed by atoms with Gasteiger partial charge in [-0.15, -0.1) is 0 Å². The van der Waals surface area contributed by atoms with Crippen molar-refractivity contribution in [2.45, 2.75) is 32.2 Å². The highest BCUT2D eigenvalue weighted by molar-refractivity contribution is 5.97. The van der Waals surface area contributed by atoms with Crippen molar-refractivity contribution in [3.8, 4) is 0 Å². The van der Waals surface area contributed by atoms with Crippen molar-refractivity contribution < 1.29 is 14.3 Å². The summed E-state index contributed by atoms with van der Waals surface area (Å²) in [6.07, 6.45) is 4.34. The molecule has 1 fully saturated rings. The van der Waals surface area contributed by atoms with E-state index in [4.69, 9.17) is 4.74 Å². The lowest BCUT2D eigenvalue weighted by Crippen LogP contribution is -2.48. The van der Waals surface area contributed by atoms with E-state index in [0.29, 0.717) is 18.7 Å². The third-order valence-corrected chi connectivity index (χ3v) is 4.21. The van der Waals surface area contributed by atoms with E-state index in [1.807, 2.05) is 35.7 Å². The van der Waals surface area contributed by atoms with Crippen molar-refractivity contribution in [3.05, 3.63) is 35.8 Å². The number of hydrogen-bond acceptors (Lipinski definition) is 4. The zero-order chi connectivity index (χ0) is 15.7. The number of fused-ring (bicyclic) bond motifs is 1. The highest BCUT2D eigenvalue weighted by atomic mass is 16.5. The number of piperidine rings is 1. The van der Waals surface area contributed by atoms with E-state index in [1.165, 1.54) is 7.11 Å². The number of carbonyl (C=O) groups excluding carboxylic acids is 2. The van der Waals surface area contributed by atoms with Gasteiger partial charge >= 0.3 is 5.97 Å². The smallest absolute Gasteiger partial charge is 0.328 e. The molecule has 1 saturated heterocycles. The minimum Gasteiger partial charge on any atom is -0.467 e. The molecule has 0 bridgehead atoms. The molecule has 6 nitrogen and oxygen atoms in total. The topological polar surface area (TPSA) is 63.9 Å². The maximum atomic E-state index is 12.9. The number of imidazole rings is 1. The van der Waals surface area contributed by atoms with Gasteiger partial charge in [-0.05, 0) is 38.3 Å². The van der Waals surface area contributed by atoms with E-state index in [0.717, 1.165) is 24.2 Å². The summed E-state index contributed by atoms with van der Waals surface area (Å²) in [5, 5.41) is 0. The Bertz CT molecular complexity index is 722. The van der Waals surface area contributed by atoms with Gasteiger partial charge in [0, 0.05) is 12.7 Å². The van der Waals surface area contributed by atoms with Gasteiger partial charge in [-0.1, -0.05) is 6.07 Å². The van der Waals surface area contributed by atoms with Crippen molar-refractivity contribution in [1.82, 2.24) is 14.3 Å². The highest BCUT2D eigenvalue weighted by Gasteiger charge is 2.35. The van der Waals surface area contributed by atoms with Crippen molar-refractivity contribution in [3.63, 3.8) is 0 Å². The van der Waals surface area contributed by atoms with Crippen LogP contribution in [0.1, 0.15) is 35.4 Å².